The summed E-state index contributed by atoms with van der Waals surface area (Å²) in [7, 11) is 1.35. The number of ether oxygens (including phenoxy) is 2. The second kappa shape index (κ2) is 9.35. The van der Waals surface area contributed by atoms with Gasteiger partial charge in [-0.25, -0.2) is 23.7 Å². The van der Waals surface area contributed by atoms with Crippen LogP contribution in [0.4, 0.5) is 10.1 Å². The van der Waals surface area contributed by atoms with Crippen molar-refractivity contribution in [3.8, 4) is 17.4 Å². The average Bonchev–Trinajstić information content (AvgIpc) is 3.28. The Balaban J connectivity index is 1.59. The van der Waals surface area contributed by atoms with E-state index in [1.165, 1.54) is 20.2 Å². The van der Waals surface area contributed by atoms with E-state index in [9.17, 15) is 14.5 Å². The molecule has 15 heteroatoms. The predicted molar refractivity (Wildman–Crippen MR) is 119 cm³/mol. The third-order valence-electron chi connectivity index (χ3n) is 4.86. The smallest absolute Gasteiger partial charge is 0.353 e. The molecular formula is C19H17Cl2FN8O4. The van der Waals surface area contributed by atoms with Gasteiger partial charge in [0.2, 0.25) is 11.2 Å². The van der Waals surface area contributed by atoms with Crippen molar-refractivity contribution < 1.29 is 18.8 Å². The molecule has 0 amide bonds. The van der Waals surface area contributed by atoms with Crippen molar-refractivity contribution in [2.75, 3.05) is 13.7 Å². The van der Waals surface area contributed by atoms with Crippen LogP contribution in [0, 0.1) is 28.8 Å². The Bertz CT molecular complexity index is 1390. The lowest BCUT2D eigenvalue weighted by Crippen LogP contribution is -2.17. The van der Waals surface area contributed by atoms with Crippen molar-refractivity contribution in [3.05, 3.63) is 50.5 Å². The van der Waals surface area contributed by atoms with E-state index < -0.39 is 10.7 Å². The summed E-state index contributed by atoms with van der Waals surface area (Å²) in [5, 5.41) is 21.0. The van der Waals surface area contributed by atoms with Gasteiger partial charge in [0, 0.05) is 24.7 Å². The molecule has 0 N–H and O–H groups in total. The van der Waals surface area contributed by atoms with E-state index in [1.54, 1.807) is 4.68 Å². The molecule has 0 spiro atoms. The first kappa shape index (κ1) is 23.6. The Hall–Kier alpha value is -3.58. The van der Waals surface area contributed by atoms with Crippen LogP contribution in [-0.4, -0.2) is 53.2 Å². The maximum atomic E-state index is 13.8. The number of methoxy groups -OCH3 is 1. The van der Waals surface area contributed by atoms with E-state index in [0.29, 0.717) is 17.6 Å². The Morgan fingerprint density at radius 1 is 1.24 bits per heavy atom. The van der Waals surface area contributed by atoms with Gasteiger partial charge in [-0.1, -0.05) is 18.5 Å². The molecule has 0 aromatic carbocycles. The van der Waals surface area contributed by atoms with Gasteiger partial charge < -0.3 is 9.47 Å². The molecular weight excluding hydrogens is 494 g/mol. The number of aromatic nitrogens is 7. The zero-order valence-electron chi connectivity index (χ0n) is 18.1. The molecule has 0 radical (unpaired) electrons. The Labute approximate surface area is 201 Å². The average molecular weight is 511 g/mol. The van der Waals surface area contributed by atoms with E-state index in [1.807, 2.05) is 6.92 Å². The van der Waals surface area contributed by atoms with Crippen LogP contribution >= 0.6 is 23.2 Å². The third-order valence-corrected chi connectivity index (χ3v) is 5.32. The summed E-state index contributed by atoms with van der Waals surface area (Å²) < 4.78 is 27.4. The van der Waals surface area contributed by atoms with E-state index in [-0.39, 0.29) is 51.8 Å². The largest absolute Gasteiger partial charge is 0.479 e. The summed E-state index contributed by atoms with van der Waals surface area (Å²) >= 11 is 12.0. The van der Waals surface area contributed by atoms with Crippen molar-refractivity contribution in [3.63, 3.8) is 0 Å². The number of pyridine rings is 1. The molecule has 0 aliphatic carbocycles. The highest BCUT2D eigenvalue weighted by molar-refractivity contribution is 6.34. The van der Waals surface area contributed by atoms with Crippen LogP contribution in [0.15, 0.2) is 18.5 Å². The Morgan fingerprint density at radius 3 is 2.71 bits per heavy atom. The Kier molecular flexibility index (Phi) is 6.48. The van der Waals surface area contributed by atoms with Gasteiger partial charge in [-0.15, -0.1) is 5.10 Å². The molecule has 12 nitrogen and oxygen atoms in total. The number of hydrogen-bond acceptors (Lipinski definition) is 9. The van der Waals surface area contributed by atoms with Crippen LogP contribution in [0.1, 0.15) is 12.6 Å². The number of hydrogen-bond donors (Lipinski definition) is 0. The van der Waals surface area contributed by atoms with Crippen LogP contribution in [0.5, 0.6) is 11.8 Å². The highest BCUT2D eigenvalue weighted by Gasteiger charge is 2.29. The molecule has 1 atom stereocenters. The highest BCUT2D eigenvalue weighted by atomic mass is 35.5. The normalized spacial score (nSPS) is 12.2. The molecule has 0 aliphatic heterocycles. The SMILES string of the molecule is COc1ncc(F)cc1-n1nc(OC[C@H](C)Cn2nc(Cl)c3cnc(Cl)nc32)c([N+](=O)[O-])c1C. The maximum Gasteiger partial charge on any atom is 0.353 e. The molecule has 4 aromatic heterocycles. The maximum absolute atomic E-state index is 13.8. The zero-order valence-corrected chi connectivity index (χ0v) is 19.6. The predicted octanol–water partition coefficient (Wildman–Crippen LogP) is 3.79. The monoisotopic (exact) mass is 510 g/mol. The summed E-state index contributed by atoms with van der Waals surface area (Å²) in [5.74, 6) is -1.03. The van der Waals surface area contributed by atoms with Crippen molar-refractivity contribution in [2.24, 2.45) is 5.92 Å². The first-order valence-electron chi connectivity index (χ1n) is 9.80. The topological polar surface area (TPSA) is 136 Å². The van der Waals surface area contributed by atoms with Crippen molar-refractivity contribution in [2.45, 2.75) is 20.4 Å². The number of nitrogens with zero attached hydrogens (tertiary/aromatic N) is 8. The molecule has 0 fully saturated rings. The Morgan fingerprint density at radius 2 is 2.00 bits per heavy atom. The van der Waals surface area contributed by atoms with E-state index in [4.69, 9.17) is 32.7 Å². The lowest BCUT2D eigenvalue weighted by Gasteiger charge is -2.12. The van der Waals surface area contributed by atoms with Gasteiger partial charge in [-0.3, -0.25) is 10.1 Å². The van der Waals surface area contributed by atoms with Crippen LogP contribution in [0.3, 0.4) is 0 Å². The number of nitro groups is 1. The molecule has 0 saturated carbocycles. The quantitative estimate of drug-likeness (QED) is 0.197. The minimum Gasteiger partial charge on any atom is -0.479 e. The van der Waals surface area contributed by atoms with E-state index in [0.717, 1.165) is 16.9 Å². The zero-order chi connectivity index (χ0) is 24.6. The minimum atomic E-state index is -0.654. The summed E-state index contributed by atoms with van der Waals surface area (Å²) in [4.78, 5) is 23.0. The summed E-state index contributed by atoms with van der Waals surface area (Å²) in [5.41, 5.74) is 0.314. The first-order valence-corrected chi connectivity index (χ1v) is 10.6. The highest BCUT2D eigenvalue weighted by Crippen LogP contribution is 2.34. The van der Waals surface area contributed by atoms with Gasteiger partial charge >= 0.3 is 11.6 Å². The summed E-state index contributed by atoms with van der Waals surface area (Å²) in [6.07, 6.45) is 2.45. The number of fused-ring (bicyclic) bond motifs is 1. The molecule has 34 heavy (non-hydrogen) atoms. The van der Waals surface area contributed by atoms with Crippen LogP contribution < -0.4 is 9.47 Å². The van der Waals surface area contributed by atoms with Gasteiger partial charge in [0.25, 0.3) is 0 Å². The second-order valence-electron chi connectivity index (χ2n) is 7.36. The van der Waals surface area contributed by atoms with Crippen LogP contribution in [0.2, 0.25) is 10.4 Å². The molecule has 4 heterocycles. The lowest BCUT2D eigenvalue weighted by atomic mass is 10.2. The van der Waals surface area contributed by atoms with Crippen molar-refractivity contribution >= 4 is 39.9 Å². The fourth-order valence-corrected chi connectivity index (χ4v) is 3.69. The number of rotatable bonds is 8. The van der Waals surface area contributed by atoms with Gasteiger partial charge in [-0.05, 0) is 18.5 Å². The number of halogens is 3. The van der Waals surface area contributed by atoms with Crippen molar-refractivity contribution in [1.82, 2.24) is 34.5 Å². The van der Waals surface area contributed by atoms with Crippen LogP contribution in [-0.2, 0) is 6.54 Å². The first-order chi connectivity index (χ1) is 16.2. The molecule has 0 aliphatic rings. The summed E-state index contributed by atoms with van der Waals surface area (Å²) in [6.45, 7) is 3.69. The molecule has 4 rings (SSSR count). The standard InChI is InChI=1S/C19H17Cl2FN8O4/c1-9(7-28-16-12(15(20)26-28)6-24-19(21)25-16)8-34-18-14(30(31)32)10(2)29(27-18)13-4-11(22)5-23-17(13)33-3/h4-6,9H,7-8H2,1-3H3/t9-/m1/s1. The van der Waals surface area contributed by atoms with Crippen molar-refractivity contribution in [1.29, 1.82) is 0 Å². The fourth-order valence-electron chi connectivity index (χ4n) is 3.33. The third kappa shape index (κ3) is 4.43. The van der Waals surface area contributed by atoms with Gasteiger partial charge in [-0.2, -0.15) is 10.1 Å². The molecule has 0 unspecified atom stereocenters. The molecule has 4 aromatic rings. The van der Waals surface area contributed by atoms with Gasteiger partial charge in [0.05, 0.1) is 30.2 Å². The molecule has 178 valence electrons. The lowest BCUT2D eigenvalue weighted by molar-refractivity contribution is -0.386. The van der Waals surface area contributed by atoms with Gasteiger partial charge in [0.1, 0.15) is 17.2 Å². The molecule has 0 saturated heterocycles. The minimum absolute atomic E-state index is 0.0462. The van der Waals surface area contributed by atoms with Crippen LogP contribution in [0.25, 0.3) is 16.7 Å². The second-order valence-corrected chi connectivity index (χ2v) is 8.05. The fraction of sp³-hybridized carbons (Fsp3) is 0.316. The molecule has 0 bridgehead atoms. The summed E-state index contributed by atoms with van der Waals surface area (Å²) in [6, 6.07) is 1.11. The van der Waals surface area contributed by atoms with E-state index >= 15 is 0 Å². The van der Waals surface area contributed by atoms with Gasteiger partial charge in [0.15, 0.2) is 10.8 Å². The van der Waals surface area contributed by atoms with E-state index in [2.05, 4.69) is 25.1 Å².